The van der Waals surface area contributed by atoms with Crippen LogP contribution < -0.4 is 5.32 Å². The van der Waals surface area contributed by atoms with Crippen molar-refractivity contribution in [2.75, 3.05) is 26.7 Å². The standard InChI is InChI=1S/C11H22N2O2/c1-11(15)6-4-8-13(9-11)10(14)5-3-7-12-2/h12,15H,3-9H2,1-2H3. The molecule has 4 nitrogen and oxygen atoms in total. The van der Waals surface area contributed by atoms with Crippen molar-refractivity contribution in [1.82, 2.24) is 10.2 Å². The van der Waals surface area contributed by atoms with Crippen LogP contribution in [0.2, 0.25) is 0 Å². The topological polar surface area (TPSA) is 52.6 Å². The van der Waals surface area contributed by atoms with E-state index in [1.165, 1.54) is 0 Å². The SMILES string of the molecule is CNCCCC(=O)N1CCCC(C)(O)C1. The Labute approximate surface area is 91.6 Å². The molecule has 1 unspecified atom stereocenters. The smallest absolute Gasteiger partial charge is 0.222 e. The van der Waals surface area contributed by atoms with Gasteiger partial charge in [-0.15, -0.1) is 0 Å². The average Bonchev–Trinajstić information content (AvgIpc) is 2.16. The largest absolute Gasteiger partial charge is 0.388 e. The van der Waals surface area contributed by atoms with Crippen molar-refractivity contribution < 1.29 is 9.90 Å². The molecule has 0 radical (unpaired) electrons. The first-order valence-corrected chi connectivity index (χ1v) is 5.70. The maximum absolute atomic E-state index is 11.7. The van der Waals surface area contributed by atoms with Gasteiger partial charge in [0.25, 0.3) is 0 Å². The van der Waals surface area contributed by atoms with E-state index in [-0.39, 0.29) is 5.91 Å². The van der Waals surface area contributed by atoms with E-state index in [1.807, 2.05) is 7.05 Å². The zero-order chi connectivity index (χ0) is 11.3. The molecule has 0 aliphatic carbocycles. The molecule has 0 aromatic carbocycles. The number of aliphatic hydroxyl groups is 1. The highest BCUT2D eigenvalue weighted by molar-refractivity contribution is 5.76. The van der Waals surface area contributed by atoms with Gasteiger partial charge < -0.3 is 15.3 Å². The number of nitrogens with one attached hydrogen (secondary N) is 1. The zero-order valence-electron chi connectivity index (χ0n) is 9.75. The number of hydrogen-bond donors (Lipinski definition) is 2. The normalized spacial score (nSPS) is 26.7. The molecule has 2 N–H and O–H groups in total. The van der Waals surface area contributed by atoms with Gasteiger partial charge in [-0.2, -0.15) is 0 Å². The third-order valence-electron chi connectivity index (χ3n) is 2.85. The molecule has 1 amide bonds. The van der Waals surface area contributed by atoms with Gasteiger partial charge in [-0.25, -0.2) is 0 Å². The second kappa shape index (κ2) is 5.47. The highest BCUT2D eigenvalue weighted by atomic mass is 16.3. The summed E-state index contributed by atoms with van der Waals surface area (Å²) in [4.78, 5) is 13.5. The molecule has 1 atom stereocenters. The first-order chi connectivity index (χ1) is 7.05. The fraction of sp³-hybridized carbons (Fsp3) is 0.909. The van der Waals surface area contributed by atoms with E-state index in [4.69, 9.17) is 0 Å². The Morgan fingerprint density at radius 2 is 2.33 bits per heavy atom. The minimum Gasteiger partial charge on any atom is -0.388 e. The molecular weight excluding hydrogens is 192 g/mol. The number of likely N-dealkylation sites (tertiary alicyclic amines) is 1. The van der Waals surface area contributed by atoms with Crippen LogP contribution in [0.1, 0.15) is 32.6 Å². The van der Waals surface area contributed by atoms with Gasteiger partial charge >= 0.3 is 0 Å². The van der Waals surface area contributed by atoms with Gasteiger partial charge in [0.05, 0.1) is 5.60 Å². The van der Waals surface area contributed by atoms with Gasteiger partial charge in [0, 0.05) is 19.5 Å². The van der Waals surface area contributed by atoms with E-state index in [2.05, 4.69) is 5.32 Å². The average molecular weight is 214 g/mol. The Morgan fingerprint density at radius 1 is 1.60 bits per heavy atom. The molecule has 15 heavy (non-hydrogen) atoms. The number of amides is 1. The van der Waals surface area contributed by atoms with E-state index < -0.39 is 5.60 Å². The van der Waals surface area contributed by atoms with Gasteiger partial charge in [-0.05, 0) is 39.8 Å². The lowest BCUT2D eigenvalue weighted by Crippen LogP contribution is -2.48. The molecule has 1 saturated heterocycles. The summed E-state index contributed by atoms with van der Waals surface area (Å²) in [5, 5.41) is 12.9. The third-order valence-corrected chi connectivity index (χ3v) is 2.85. The summed E-state index contributed by atoms with van der Waals surface area (Å²) < 4.78 is 0. The Bertz CT molecular complexity index is 217. The molecule has 0 bridgehead atoms. The highest BCUT2D eigenvalue weighted by Gasteiger charge is 2.30. The van der Waals surface area contributed by atoms with Crippen molar-refractivity contribution in [3.05, 3.63) is 0 Å². The Hall–Kier alpha value is -0.610. The molecule has 1 heterocycles. The highest BCUT2D eigenvalue weighted by Crippen LogP contribution is 2.20. The molecule has 1 aliphatic rings. The number of piperidine rings is 1. The maximum Gasteiger partial charge on any atom is 0.222 e. The quantitative estimate of drug-likeness (QED) is 0.664. The zero-order valence-corrected chi connectivity index (χ0v) is 9.75. The number of hydrogen-bond acceptors (Lipinski definition) is 3. The molecular formula is C11H22N2O2. The van der Waals surface area contributed by atoms with Crippen LogP contribution in [0.3, 0.4) is 0 Å². The lowest BCUT2D eigenvalue weighted by atomic mass is 9.95. The number of β-amino-alcohol motifs (C(OH)–C–C–N with tert-alkyl or cyclic N) is 1. The summed E-state index contributed by atoms with van der Waals surface area (Å²) in [6.45, 7) is 3.97. The molecule has 0 saturated carbocycles. The van der Waals surface area contributed by atoms with Gasteiger partial charge in [-0.3, -0.25) is 4.79 Å². The van der Waals surface area contributed by atoms with E-state index in [0.29, 0.717) is 13.0 Å². The van der Waals surface area contributed by atoms with Gasteiger partial charge in [0.15, 0.2) is 0 Å². The van der Waals surface area contributed by atoms with Crippen molar-refractivity contribution in [3.8, 4) is 0 Å². The van der Waals surface area contributed by atoms with Crippen LogP contribution in [-0.2, 0) is 4.79 Å². The first-order valence-electron chi connectivity index (χ1n) is 5.70. The second-order valence-electron chi connectivity index (χ2n) is 4.62. The minimum atomic E-state index is -0.684. The predicted octanol–water partition coefficient (Wildman–Crippen LogP) is 0.359. The van der Waals surface area contributed by atoms with Gasteiger partial charge in [0.1, 0.15) is 0 Å². The van der Waals surface area contributed by atoms with Crippen LogP contribution >= 0.6 is 0 Å². The Kier molecular flexibility index (Phi) is 4.54. The molecule has 1 fully saturated rings. The van der Waals surface area contributed by atoms with Crippen LogP contribution in [0.5, 0.6) is 0 Å². The summed E-state index contributed by atoms with van der Waals surface area (Å²) in [7, 11) is 1.89. The fourth-order valence-corrected chi connectivity index (χ4v) is 2.01. The van der Waals surface area contributed by atoms with Crippen molar-refractivity contribution >= 4 is 5.91 Å². The molecule has 4 heteroatoms. The monoisotopic (exact) mass is 214 g/mol. The van der Waals surface area contributed by atoms with Crippen molar-refractivity contribution in [2.24, 2.45) is 0 Å². The minimum absolute atomic E-state index is 0.172. The third kappa shape index (κ3) is 4.18. The molecule has 1 rings (SSSR count). The molecule has 88 valence electrons. The summed E-state index contributed by atoms with van der Waals surface area (Å²) in [6, 6.07) is 0. The van der Waals surface area contributed by atoms with Crippen molar-refractivity contribution in [1.29, 1.82) is 0 Å². The van der Waals surface area contributed by atoms with E-state index >= 15 is 0 Å². The van der Waals surface area contributed by atoms with Crippen LogP contribution in [0.15, 0.2) is 0 Å². The summed E-state index contributed by atoms with van der Waals surface area (Å²) in [5.74, 6) is 0.172. The summed E-state index contributed by atoms with van der Waals surface area (Å²) >= 11 is 0. The molecule has 1 aliphatic heterocycles. The van der Waals surface area contributed by atoms with Crippen molar-refractivity contribution in [3.63, 3.8) is 0 Å². The predicted molar refractivity (Wildman–Crippen MR) is 59.6 cm³/mol. The van der Waals surface area contributed by atoms with E-state index in [1.54, 1.807) is 11.8 Å². The van der Waals surface area contributed by atoms with Crippen LogP contribution in [0, 0.1) is 0 Å². The lowest BCUT2D eigenvalue weighted by molar-refractivity contribution is -0.137. The van der Waals surface area contributed by atoms with Crippen LogP contribution in [0.4, 0.5) is 0 Å². The van der Waals surface area contributed by atoms with Crippen molar-refractivity contribution in [2.45, 2.75) is 38.2 Å². The summed E-state index contributed by atoms with van der Waals surface area (Å²) in [6.07, 6.45) is 3.16. The number of rotatable bonds is 4. The number of carbonyl (C=O) groups excluding carboxylic acids is 1. The maximum atomic E-state index is 11.7. The van der Waals surface area contributed by atoms with E-state index in [9.17, 15) is 9.90 Å². The fourth-order valence-electron chi connectivity index (χ4n) is 2.01. The first kappa shape index (κ1) is 12.5. The molecule has 0 aromatic heterocycles. The number of nitrogens with zero attached hydrogens (tertiary/aromatic N) is 1. The molecule has 0 aromatic rings. The number of carbonyl (C=O) groups is 1. The van der Waals surface area contributed by atoms with Gasteiger partial charge in [0.2, 0.25) is 5.91 Å². The molecule has 0 spiro atoms. The Balaban J connectivity index is 2.32. The van der Waals surface area contributed by atoms with Crippen LogP contribution in [-0.4, -0.2) is 48.2 Å². The van der Waals surface area contributed by atoms with Gasteiger partial charge in [-0.1, -0.05) is 0 Å². The van der Waals surface area contributed by atoms with E-state index in [0.717, 1.165) is 32.4 Å². The summed E-state index contributed by atoms with van der Waals surface area (Å²) in [5.41, 5.74) is -0.684. The lowest BCUT2D eigenvalue weighted by Gasteiger charge is -2.36. The Morgan fingerprint density at radius 3 is 2.93 bits per heavy atom. The van der Waals surface area contributed by atoms with Crippen LogP contribution in [0.25, 0.3) is 0 Å². The second-order valence-corrected chi connectivity index (χ2v) is 4.62.